The van der Waals surface area contributed by atoms with Crippen LogP contribution in [0.3, 0.4) is 0 Å². The average molecular weight is 480 g/mol. The Morgan fingerprint density at radius 2 is 1.80 bits per heavy atom. The lowest BCUT2D eigenvalue weighted by Gasteiger charge is -2.31. The van der Waals surface area contributed by atoms with E-state index in [9.17, 15) is 4.79 Å². The van der Waals surface area contributed by atoms with Gasteiger partial charge in [0.25, 0.3) is 0 Å². The Morgan fingerprint density at radius 3 is 2.49 bits per heavy atom. The fourth-order valence-electron chi connectivity index (χ4n) is 5.38. The Labute approximate surface area is 210 Å². The van der Waals surface area contributed by atoms with Crippen molar-refractivity contribution in [2.24, 2.45) is 5.10 Å². The van der Waals surface area contributed by atoms with Crippen molar-refractivity contribution in [3.05, 3.63) is 46.7 Å². The van der Waals surface area contributed by atoms with Crippen LogP contribution in [0.25, 0.3) is 6.08 Å². The lowest BCUT2D eigenvalue weighted by atomic mass is 9.96. The first-order valence-corrected chi connectivity index (χ1v) is 13.4. The first-order chi connectivity index (χ1) is 17.2. The average Bonchev–Trinajstić information content (AvgIpc) is 3.29. The summed E-state index contributed by atoms with van der Waals surface area (Å²) in [6.45, 7) is 9.63. The Morgan fingerprint density at radius 1 is 1.09 bits per heavy atom. The molecule has 1 saturated heterocycles. The van der Waals surface area contributed by atoms with E-state index in [0.717, 1.165) is 65.1 Å². The standard InChI is InChI=1S/C28H41N5O2/c1-3-32(4-2)26-14-10-22(11-15-26)20-23-12-13-24(27(23)33-16-18-35-19-17-33)21-29-31-28(34)30-25-8-6-5-7-9-25/h10-11,14-15,20-21,25H,3-9,12-13,16-19H2,1-2H3,(H2,30,31,34)/b23-20-,29-21-. The maximum absolute atomic E-state index is 12.3. The molecule has 1 saturated carbocycles. The van der Waals surface area contributed by atoms with Crippen molar-refractivity contribution in [1.29, 1.82) is 0 Å². The van der Waals surface area contributed by atoms with E-state index >= 15 is 0 Å². The quantitative estimate of drug-likeness (QED) is 0.410. The second-order valence-corrected chi connectivity index (χ2v) is 9.59. The summed E-state index contributed by atoms with van der Waals surface area (Å²) < 4.78 is 5.60. The van der Waals surface area contributed by atoms with Gasteiger partial charge < -0.3 is 19.9 Å². The van der Waals surface area contributed by atoms with Crippen molar-refractivity contribution in [3.8, 4) is 0 Å². The largest absolute Gasteiger partial charge is 0.378 e. The fourth-order valence-corrected chi connectivity index (χ4v) is 5.38. The van der Waals surface area contributed by atoms with Gasteiger partial charge in [0, 0.05) is 43.6 Å². The smallest absolute Gasteiger partial charge is 0.335 e. The minimum absolute atomic E-state index is 0.205. The third-order valence-electron chi connectivity index (χ3n) is 7.29. The number of amides is 2. The summed E-state index contributed by atoms with van der Waals surface area (Å²) in [5, 5.41) is 7.38. The van der Waals surface area contributed by atoms with Crippen LogP contribution < -0.4 is 15.6 Å². The fraction of sp³-hybridized carbons (Fsp3) is 0.571. The summed E-state index contributed by atoms with van der Waals surface area (Å²) in [5.74, 6) is 0. The molecule has 2 N–H and O–H groups in total. The van der Waals surface area contributed by atoms with Gasteiger partial charge in [0.05, 0.1) is 19.4 Å². The number of ether oxygens (including phenoxy) is 1. The molecule has 1 heterocycles. The molecule has 3 aliphatic rings. The van der Waals surface area contributed by atoms with Gasteiger partial charge >= 0.3 is 6.03 Å². The Hall–Kier alpha value is -2.80. The predicted octanol–water partition coefficient (Wildman–Crippen LogP) is 4.91. The minimum atomic E-state index is -0.205. The number of allylic oxidation sites excluding steroid dienone is 2. The normalized spacial score (nSPS) is 20.6. The number of hydrazone groups is 1. The van der Waals surface area contributed by atoms with Crippen LogP contribution in [-0.2, 0) is 4.74 Å². The zero-order chi connectivity index (χ0) is 24.5. The zero-order valence-electron chi connectivity index (χ0n) is 21.4. The Bertz CT molecular complexity index is 921. The molecule has 7 heteroatoms. The molecule has 35 heavy (non-hydrogen) atoms. The van der Waals surface area contributed by atoms with Crippen LogP contribution in [0, 0.1) is 0 Å². The van der Waals surface area contributed by atoms with Crippen molar-refractivity contribution < 1.29 is 9.53 Å². The van der Waals surface area contributed by atoms with Gasteiger partial charge in [-0.1, -0.05) is 31.4 Å². The molecule has 0 unspecified atom stereocenters. The highest BCUT2D eigenvalue weighted by Gasteiger charge is 2.25. The van der Waals surface area contributed by atoms with E-state index in [1.165, 1.54) is 47.4 Å². The molecule has 0 bridgehead atoms. The molecule has 1 aromatic rings. The SMILES string of the molecule is CCN(CC)c1ccc(/C=C2/CCC(/C=N\NC(=O)NC3CCCCC3)=C2N2CCOCC2)cc1. The lowest BCUT2D eigenvalue weighted by molar-refractivity contribution is 0.0548. The highest BCUT2D eigenvalue weighted by molar-refractivity contribution is 5.85. The maximum atomic E-state index is 12.3. The summed E-state index contributed by atoms with van der Waals surface area (Å²) in [6.07, 6.45) is 11.8. The van der Waals surface area contributed by atoms with Crippen molar-refractivity contribution >= 4 is 24.0 Å². The number of urea groups is 1. The monoisotopic (exact) mass is 479 g/mol. The van der Waals surface area contributed by atoms with Gasteiger partial charge in [0.15, 0.2) is 0 Å². The van der Waals surface area contributed by atoms with Gasteiger partial charge in [0.1, 0.15) is 0 Å². The number of nitrogens with one attached hydrogen (secondary N) is 2. The summed E-state index contributed by atoms with van der Waals surface area (Å²) in [5.41, 5.74) is 8.92. The molecular weight excluding hydrogens is 438 g/mol. The predicted molar refractivity (Wildman–Crippen MR) is 144 cm³/mol. The Balaban J connectivity index is 1.48. The van der Waals surface area contributed by atoms with Crippen molar-refractivity contribution in [1.82, 2.24) is 15.6 Å². The summed E-state index contributed by atoms with van der Waals surface area (Å²) in [7, 11) is 0. The van der Waals surface area contributed by atoms with E-state index < -0.39 is 0 Å². The number of anilines is 1. The number of carbonyl (C=O) groups is 1. The van der Waals surface area contributed by atoms with Gasteiger partial charge in [-0.15, -0.1) is 0 Å². The van der Waals surface area contributed by atoms with E-state index in [4.69, 9.17) is 4.74 Å². The van der Waals surface area contributed by atoms with Crippen molar-refractivity contribution in [2.75, 3.05) is 44.3 Å². The second kappa shape index (κ2) is 12.8. The molecule has 2 aliphatic carbocycles. The van der Waals surface area contributed by atoms with E-state index in [1.54, 1.807) is 0 Å². The molecule has 2 amide bonds. The van der Waals surface area contributed by atoms with Crippen molar-refractivity contribution in [3.63, 3.8) is 0 Å². The highest BCUT2D eigenvalue weighted by atomic mass is 16.5. The highest BCUT2D eigenvalue weighted by Crippen LogP contribution is 2.35. The molecule has 7 nitrogen and oxygen atoms in total. The van der Waals surface area contributed by atoms with Gasteiger partial charge in [-0.25, -0.2) is 10.2 Å². The van der Waals surface area contributed by atoms with Gasteiger partial charge in [-0.3, -0.25) is 0 Å². The molecular formula is C28H41N5O2. The van der Waals surface area contributed by atoms with Gasteiger partial charge in [0.2, 0.25) is 0 Å². The topological polar surface area (TPSA) is 69.2 Å². The third kappa shape index (κ3) is 6.88. The van der Waals surface area contributed by atoms with Gasteiger partial charge in [-0.05, 0) is 74.4 Å². The molecule has 190 valence electrons. The van der Waals surface area contributed by atoms with Crippen LogP contribution in [0.1, 0.15) is 64.4 Å². The van der Waals surface area contributed by atoms with Crippen LogP contribution in [-0.4, -0.2) is 62.6 Å². The number of nitrogens with zero attached hydrogens (tertiary/aromatic N) is 3. The first-order valence-electron chi connectivity index (χ1n) is 13.4. The number of rotatable bonds is 8. The maximum Gasteiger partial charge on any atom is 0.335 e. The van der Waals surface area contributed by atoms with E-state index in [2.05, 4.69) is 69.8 Å². The van der Waals surface area contributed by atoms with E-state index in [0.29, 0.717) is 0 Å². The molecule has 0 atom stereocenters. The second-order valence-electron chi connectivity index (χ2n) is 9.59. The minimum Gasteiger partial charge on any atom is -0.378 e. The molecule has 2 fully saturated rings. The zero-order valence-corrected chi connectivity index (χ0v) is 21.4. The molecule has 1 aromatic carbocycles. The lowest BCUT2D eigenvalue weighted by Crippen LogP contribution is -2.41. The molecule has 0 aromatic heterocycles. The van der Waals surface area contributed by atoms with Gasteiger partial charge in [-0.2, -0.15) is 5.10 Å². The summed E-state index contributed by atoms with van der Waals surface area (Å²) in [4.78, 5) is 17.1. The number of carbonyl (C=O) groups excluding carboxylic acids is 1. The van der Waals surface area contributed by atoms with Crippen LogP contribution >= 0.6 is 0 Å². The van der Waals surface area contributed by atoms with Crippen LogP contribution in [0.2, 0.25) is 0 Å². The number of hydrogen-bond donors (Lipinski definition) is 2. The first kappa shape index (κ1) is 25.3. The number of hydrogen-bond acceptors (Lipinski definition) is 5. The number of morpholine rings is 1. The molecule has 1 aliphatic heterocycles. The van der Waals surface area contributed by atoms with Crippen LogP contribution in [0.15, 0.2) is 46.2 Å². The third-order valence-corrected chi connectivity index (χ3v) is 7.29. The van der Waals surface area contributed by atoms with Crippen LogP contribution in [0.5, 0.6) is 0 Å². The van der Waals surface area contributed by atoms with Crippen LogP contribution in [0.4, 0.5) is 10.5 Å². The van der Waals surface area contributed by atoms with E-state index in [1.807, 2.05) is 6.21 Å². The van der Waals surface area contributed by atoms with E-state index in [-0.39, 0.29) is 12.1 Å². The number of benzene rings is 1. The summed E-state index contributed by atoms with van der Waals surface area (Å²) in [6, 6.07) is 8.91. The molecule has 0 radical (unpaired) electrons. The summed E-state index contributed by atoms with van der Waals surface area (Å²) >= 11 is 0. The molecule has 0 spiro atoms. The Kier molecular flexibility index (Phi) is 9.23. The van der Waals surface area contributed by atoms with Crippen molar-refractivity contribution in [2.45, 2.75) is 64.8 Å². The molecule has 4 rings (SSSR count).